The molecule has 1 rings (SSSR count). The average Bonchev–Trinajstić information content (AvgIpc) is 2.18. The third-order valence-corrected chi connectivity index (χ3v) is 2.80. The smallest absolute Gasteiger partial charge is 0.325 e. The van der Waals surface area contributed by atoms with E-state index in [2.05, 4.69) is 5.32 Å². The SMILES string of the molecule is CC(NC(=O)C1CCCCN1C)C(=O)O. The molecule has 1 amide bonds. The van der Waals surface area contributed by atoms with Gasteiger partial charge in [0.1, 0.15) is 6.04 Å². The fourth-order valence-electron chi connectivity index (χ4n) is 1.78. The van der Waals surface area contributed by atoms with Crippen LogP contribution in [0.2, 0.25) is 0 Å². The minimum Gasteiger partial charge on any atom is -0.480 e. The summed E-state index contributed by atoms with van der Waals surface area (Å²) in [6.45, 7) is 2.38. The van der Waals surface area contributed by atoms with Crippen molar-refractivity contribution < 1.29 is 14.7 Å². The number of aliphatic carboxylic acids is 1. The second-order valence-corrected chi connectivity index (χ2v) is 4.06. The summed E-state index contributed by atoms with van der Waals surface area (Å²) in [6, 6.07) is -0.978. The quantitative estimate of drug-likeness (QED) is 0.697. The van der Waals surface area contributed by atoms with Crippen molar-refractivity contribution >= 4 is 11.9 Å². The largest absolute Gasteiger partial charge is 0.480 e. The Morgan fingerprint density at radius 1 is 1.47 bits per heavy atom. The van der Waals surface area contributed by atoms with Crippen LogP contribution in [0.5, 0.6) is 0 Å². The van der Waals surface area contributed by atoms with Crippen molar-refractivity contribution in [2.45, 2.75) is 38.3 Å². The molecule has 2 N–H and O–H groups in total. The highest BCUT2D eigenvalue weighted by molar-refractivity contribution is 5.86. The van der Waals surface area contributed by atoms with E-state index in [1.54, 1.807) is 0 Å². The number of hydrogen-bond acceptors (Lipinski definition) is 3. The van der Waals surface area contributed by atoms with Crippen LogP contribution in [0.15, 0.2) is 0 Å². The lowest BCUT2D eigenvalue weighted by atomic mass is 10.0. The number of piperidine rings is 1. The summed E-state index contributed by atoms with van der Waals surface area (Å²) in [6.07, 6.45) is 2.95. The first kappa shape index (κ1) is 12.0. The number of carboxylic acids is 1. The van der Waals surface area contributed by atoms with Gasteiger partial charge >= 0.3 is 5.97 Å². The van der Waals surface area contributed by atoms with E-state index in [9.17, 15) is 9.59 Å². The summed E-state index contributed by atoms with van der Waals surface area (Å²) in [4.78, 5) is 24.3. The lowest BCUT2D eigenvalue weighted by Crippen LogP contribution is -2.51. The molecule has 0 aliphatic carbocycles. The van der Waals surface area contributed by atoms with Crippen molar-refractivity contribution in [1.29, 1.82) is 0 Å². The van der Waals surface area contributed by atoms with Crippen LogP contribution >= 0.6 is 0 Å². The first-order valence-electron chi connectivity index (χ1n) is 5.26. The molecular weight excluding hydrogens is 196 g/mol. The van der Waals surface area contributed by atoms with Crippen LogP contribution in [0, 0.1) is 0 Å². The van der Waals surface area contributed by atoms with Crippen molar-refractivity contribution in [2.24, 2.45) is 0 Å². The summed E-state index contributed by atoms with van der Waals surface area (Å²) in [5.74, 6) is -1.17. The zero-order chi connectivity index (χ0) is 11.4. The number of carboxylic acid groups (broad SMARTS) is 1. The minimum absolute atomic E-state index is 0.166. The van der Waals surface area contributed by atoms with Crippen molar-refractivity contribution in [3.05, 3.63) is 0 Å². The van der Waals surface area contributed by atoms with Crippen molar-refractivity contribution in [1.82, 2.24) is 10.2 Å². The molecule has 0 radical (unpaired) electrons. The second kappa shape index (κ2) is 5.11. The first-order valence-corrected chi connectivity index (χ1v) is 5.26. The fourth-order valence-corrected chi connectivity index (χ4v) is 1.78. The van der Waals surface area contributed by atoms with Gasteiger partial charge in [-0.2, -0.15) is 0 Å². The number of nitrogens with one attached hydrogen (secondary N) is 1. The lowest BCUT2D eigenvalue weighted by molar-refractivity contribution is -0.142. The molecule has 15 heavy (non-hydrogen) atoms. The normalized spacial score (nSPS) is 24.5. The number of carbonyl (C=O) groups is 2. The Hall–Kier alpha value is -1.10. The van der Waals surface area contributed by atoms with E-state index in [1.165, 1.54) is 6.92 Å². The van der Waals surface area contributed by atoms with Crippen molar-refractivity contribution in [2.75, 3.05) is 13.6 Å². The average molecular weight is 214 g/mol. The van der Waals surface area contributed by atoms with Gasteiger partial charge in [0.15, 0.2) is 0 Å². The van der Waals surface area contributed by atoms with Gasteiger partial charge in [0.25, 0.3) is 0 Å². The maximum atomic E-state index is 11.7. The number of carbonyl (C=O) groups excluding carboxylic acids is 1. The Kier molecular flexibility index (Phi) is 4.08. The van der Waals surface area contributed by atoms with Gasteiger partial charge in [-0.3, -0.25) is 14.5 Å². The standard InChI is InChI=1S/C10H18N2O3/c1-7(10(14)15)11-9(13)8-5-3-4-6-12(8)2/h7-8H,3-6H2,1-2H3,(H,11,13)(H,14,15). The Morgan fingerprint density at radius 3 is 2.67 bits per heavy atom. The Labute approximate surface area is 89.4 Å². The van der Waals surface area contributed by atoms with Gasteiger partial charge < -0.3 is 10.4 Å². The third-order valence-electron chi connectivity index (χ3n) is 2.80. The fraction of sp³-hybridized carbons (Fsp3) is 0.800. The number of amides is 1. The first-order chi connectivity index (χ1) is 7.02. The van der Waals surface area contributed by atoms with E-state index >= 15 is 0 Å². The predicted molar refractivity (Wildman–Crippen MR) is 55.5 cm³/mol. The highest BCUT2D eigenvalue weighted by atomic mass is 16.4. The van der Waals surface area contributed by atoms with Gasteiger partial charge in [-0.25, -0.2) is 0 Å². The lowest BCUT2D eigenvalue weighted by Gasteiger charge is -2.31. The number of rotatable bonds is 3. The molecule has 0 bridgehead atoms. The van der Waals surface area contributed by atoms with E-state index in [-0.39, 0.29) is 11.9 Å². The van der Waals surface area contributed by atoms with E-state index in [1.807, 2.05) is 11.9 Å². The van der Waals surface area contributed by atoms with Crippen LogP contribution in [-0.2, 0) is 9.59 Å². The second-order valence-electron chi connectivity index (χ2n) is 4.06. The van der Waals surface area contributed by atoms with Crippen LogP contribution in [0.4, 0.5) is 0 Å². The van der Waals surface area contributed by atoms with Gasteiger partial charge in [0.2, 0.25) is 5.91 Å². The van der Waals surface area contributed by atoms with Gasteiger partial charge in [0, 0.05) is 0 Å². The van der Waals surface area contributed by atoms with E-state index in [0.29, 0.717) is 0 Å². The number of hydrogen-bond donors (Lipinski definition) is 2. The summed E-state index contributed by atoms with van der Waals surface area (Å²) in [5.41, 5.74) is 0. The summed E-state index contributed by atoms with van der Waals surface area (Å²) < 4.78 is 0. The van der Waals surface area contributed by atoms with Gasteiger partial charge in [-0.05, 0) is 33.4 Å². The molecule has 5 nitrogen and oxygen atoms in total. The van der Waals surface area contributed by atoms with Gasteiger partial charge in [-0.15, -0.1) is 0 Å². The molecule has 0 aromatic carbocycles. The summed E-state index contributed by atoms with van der Waals surface area (Å²) >= 11 is 0. The summed E-state index contributed by atoms with van der Waals surface area (Å²) in [7, 11) is 1.90. The Balaban J connectivity index is 2.48. The third kappa shape index (κ3) is 3.20. The zero-order valence-electron chi connectivity index (χ0n) is 9.19. The van der Waals surface area contributed by atoms with Gasteiger partial charge in [0.05, 0.1) is 6.04 Å². The monoisotopic (exact) mass is 214 g/mol. The molecule has 2 atom stereocenters. The molecule has 1 fully saturated rings. The highest BCUT2D eigenvalue weighted by Crippen LogP contribution is 2.14. The van der Waals surface area contributed by atoms with Crippen LogP contribution in [0.25, 0.3) is 0 Å². The number of likely N-dealkylation sites (tertiary alicyclic amines) is 1. The van der Waals surface area contributed by atoms with Gasteiger partial charge in [-0.1, -0.05) is 6.42 Å². The maximum Gasteiger partial charge on any atom is 0.325 e. The van der Waals surface area contributed by atoms with Crippen molar-refractivity contribution in [3.63, 3.8) is 0 Å². The number of likely N-dealkylation sites (N-methyl/N-ethyl adjacent to an activating group) is 1. The molecule has 1 saturated heterocycles. The van der Waals surface area contributed by atoms with Crippen molar-refractivity contribution in [3.8, 4) is 0 Å². The topological polar surface area (TPSA) is 69.6 Å². The number of nitrogens with zero attached hydrogens (tertiary/aromatic N) is 1. The van der Waals surface area contributed by atoms with Crippen LogP contribution in [0.3, 0.4) is 0 Å². The Bertz CT molecular complexity index is 255. The zero-order valence-corrected chi connectivity index (χ0v) is 9.19. The molecule has 86 valence electrons. The van der Waals surface area contributed by atoms with E-state index in [4.69, 9.17) is 5.11 Å². The van der Waals surface area contributed by atoms with Crippen LogP contribution in [0.1, 0.15) is 26.2 Å². The minimum atomic E-state index is -0.998. The van der Waals surface area contributed by atoms with E-state index < -0.39 is 12.0 Å². The van der Waals surface area contributed by atoms with Crippen LogP contribution < -0.4 is 5.32 Å². The molecule has 2 unspecified atom stereocenters. The molecule has 5 heteroatoms. The Morgan fingerprint density at radius 2 is 2.13 bits per heavy atom. The van der Waals surface area contributed by atoms with Crippen LogP contribution in [-0.4, -0.2) is 47.6 Å². The molecule has 1 aliphatic rings. The molecule has 0 aromatic rings. The molecule has 0 aromatic heterocycles. The predicted octanol–water partition coefficient (Wildman–Crippen LogP) is 0.0600. The maximum absolute atomic E-state index is 11.7. The summed E-state index contributed by atoms with van der Waals surface area (Å²) in [5, 5.41) is 11.2. The molecule has 1 heterocycles. The molecule has 1 aliphatic heterocycles. The molecular formula is C10H18N2O3. The van der Waals surface area contributed by atoms with E-state index in [0.717, 1.165) is 25.8 Å². The molecule has 0 saturated carbocycles. The molecule has 0 spiro atoms. The highest BCUT2D eigenvalue weighted by Gasteiger charge is 2.27.